The summed E-state index contributed by atoms with van der Waals surface area (Å²) >= 11 is 0.997. The van der Waals surface area contributed by atoms with E-state index in [9.17, 15) is 22.8 Å². The summed E-state index contributed by atoms with van der Waals surface area (Å²) in [4.78, 5) is 30.3. The number of halogens is 3. The monoisotopic (exact) mass is 489 g/mol. The van der Waals surface area contributed by atoms with Crippen molar-refractivity contribution in [2.45, 2.75) is 38.1 Å². The molecule has 1 amide bonds. The van der Waals surface area contributed by atoms with E-state index in [-0.39, 0.29) is 22.6 Å². The van der Waals surface area contributed by atoms with Crippen molar-refractivity contribution in [3.63, 3.8) is 0 Å². The van der Waals surface area contributed by atoms with E-state index in [1.165, 1.54) is 22.8 Å². The fourth-order valence-electron chi connectivity index (χ4n) is 3.50. The van der Waals surface area contributed by atoms with E-state index < -0.39 is 17.6 Å². The number of fused-ring (bicyclic) bond motifs is 3. The van der Waals surface area contributed by atoms with Crippen LogP contribution >= 0.6 is 11.8 Å². The summed E-state index contributed by atoms with van der Waals surface area (Å²) in [6.07, 6.45) is -3.89. The minimum Gasteiger partial charge on any atom is -0.448 e. The zero-order valence-electron chi connectivity index (χ0n) is 18.5. The second kappa shape index (κ2) is 9.54. The van der Waals surface area contributed by atoms with Gasteiger partial charge >= 0.3 is 6.18 Å². The molecule has 0 spiro atoms. The summed E-state index contributed by atoms with van der Waals surface area (Å²) < 4.78 is 46.9. The molecule has 2 heterocycles. The number of anilines is 1. The molecule has 0 saturated carbocycles. The molecule has 0 radical (unpaired) electrons. The van der Waals surface area contributed by atoms with Crippen LogP contribution in [0.1, 0.15) is 25.8 Å². The molecule has 0 saturated heterocycles. The normalized spacial score (nSPS) is 12.1. The lowest BCUT2D eigenvalue weighted by Gasteiger charge is -2.14. The molecule has 2 aromatic heterocycles. The molecule has 0 unspecified atom stereocenters. The lowest BCUT2D eigenvalue weighted by Crippen LogP contribution is -2.24. The van der Waals surface area contributed by atoms with Crippen molar-refractivity contribution in [3.8, 4) is 0 Å². The second-order valence-corrected chi connectivity index (χ2v) is 9.13. The van der Waals surface area contributed by atoms with Gasteiger partial charge in [-0.3, -0.25) is 14.2 Å². The third-order valence-corrected chi connectivity index (χ3v) is 6.19. The maximum Gasteiger partial charge on any atom is 0.418 e. The highest BCUT2D eigenvalue weighted by Gasteiger charge is 2.33. The van der Waals surface area contributed by atoms with E-state index in [1.807, 2.05) is 19.9 Å². The van der Waals surface area contributed by atoms with E-state index in [0.717, 1.165) is 17.8 Å². The summed E-state index contributed by atoms with van der Waals surface area (Å²) in [7, 11) is 0. The Morgan fingerprint density at radius 1 is 1.15 bits per heavy atom. The van der Waals surface area contributed by atoms with Gasteiger partial charge in [0.25, 0.3) is 5.56 Å². The Bertz CT molecular complexity index is 1410. The van der Waals surface area contributed by atoms with Crippen molar-refractivity contribution in [3.05, 3.63) is 64.4 Å². The average Bonchev–Trinajstić information content (AvgIpc) is 3.16. The van der Waals surface area contributed by atoms with Gasteiger partial charge in [-0.1, -0.05) is 49.9 Å². The van der Waals surface area contributed by atoms with Gasteiger partial charge in [-0.2, -0.15) is 13.2 Å². The molecule has 4 rings (SSSR count). The smallest absolute Gasteiger partial charge is 0.418 e. The lowest BCUT2D eigenvalue weighted by atomic mass is 10.1. The molecule has 1 N–H and O–H groups in total. The van der Waals surface area contributed by atoms with E-state index in [2.05, 4.69) is 10.3 Å². The molecule has 6 nitrogen and oxygen atoms in total. The maximum absolute atomic E-state index is 13.2. The van der Waals surface area contributed by atoms with Gasteiger partial charge in [0.05, 0.1) is 17.0 Å². The van der Waals surface area contributed by atoms with Gasteiger partial charge in [0, 0.05) is 11.9 Å². The first kappa shape index (κ1) is 23.9. The molecule has 0 bridgehead atoms. The molecule has 178 valence electrons. The molecular formula is C24H22F3N3O3S. The van der Waals surface area contributed by atoms with Gasteiger partial charge < -0.3 is 9.73 Å². The number of rotatable bonds is 7. The van der Waals surface area contributed by atoms with Gasteiger partial charge in [-0.25, -0.2) is 4.98 Å². The van der Waals surface area contributed by atoms with Crippen molar-refractivity contribution in [1.82, 2.24) is 9.55 Å². The number of alkyl halides is 3. The maximum atomic E-state index is 13.2. The Labute approximate surface area is 197 Å². The first-order chi connectivity index (χ1) is 16.1. The van der Waals surface area contributed by atoms with E-state index in [1.54, 1.807) is 18.2 Å². The Hall–Kier alpha value is -3.27. The van der Waals surface area contributed by atoms with E-state index in [0.29, 0.717) is 40.5 Å². The number of carbonyl (C=O) groups is 1. The summed E-state index contributed by atoms with van der Waals surface area (Å²) in [5.74, 6) is -0.538. The SMILES string of the molecule is CC(C)CCn1c(SCC(=O)Nc2ccccc2C(F)(F)F)nc2c(oc3ccccc32)c1=O. The number of hydrogen-bond acceptors (Lipinski definition) is 5. The molecule has 4 aromatic rings. The van der Waals surface area contributed by atoms with Crippen LogP contribution in [0.5, 0.6) is 0 Å². The fourth-order valence-corrected chi connectivity index (χ4v) is 4.32. The fraction of sp³-hybridized carbons (Fsp3) is 0.292. The predicted octanol–water partition coefficient (Wildman–Crippen LogP) is 5.94. The Morgan fingerprint density at radius 3 is 2.59 bits per heavy atom. The topological polar surface area (TPSA) is 77.1 Å². The molecule has 34 heavy (non-hydrogen) atoms. The minimum absolute atomic E-state index is 0.137. The number of furan rings is 1. The number of benzene rings is 2. The first-order valence-electron chi connectivity index (χ1n) is 10.7. The molecule has 0 aliphatic rings. The molecule has 10 heteroatoms. The number of nitrogens with one attached hydrogen (secondary N) is 1. The Kier molecular flexibility index (Phi) is 6.70. The van der Waals surface area contributed by atoms with E-state index in [4.69, 9.17) is 4.42 Å². The molecule has 0 aliphatic carbocycles. The van der Waals surface area contributed by atoms with Gasteiger partial charge in [-0.15, -0.1) is 0 Å². The van der Waals surface area contributed by atoms with Crippen LogP contribution < -0.4 is 10.9 Å². The van der Waals surface area contributed by atoms with Crippen molar-refractivity contribution in [2.75, 3.05) is 11.1 Å². The number of hydrogen-bond donors (Lipinski definition) is 1. The number of nitrogens with zero attached hydrogens (tertiary/aromatic N) is 2. The number of thioether (sulfide) groups is 1. The summed E-state index contributed by atoms with van der Waals surface area (Å²) in [6.45, 7) is 4.42. The van der Waals surface area contributed by atoms with Gasteiger partial charge in [-0.05, 0) is 36.6 Å². The van der Waals surface area contributed by atoms with Crippen molar-refractivity contribution < 1.29 is 22.4 Å². The van der Waals surface area contributed by atoms with Crippen molar-refractivity contribution >= 4 is 45.4 Å². The summed E-state index contributed by atoms with van der Waals surface area (Å²) in [5, 5.41) is 3.31. The number of amides is 1. The van der Waals surface area contributed by atoms with Crippen LogP contribution in [0.3, 0.4) is 0 Å². The largest absolute Gasteiger partial charge is 0.448 e. The summed E-state index contributed by atoms with van der Waals surface area (Å²) in [6, 6.07) is 11.9. The van der Waals surface area contributed by atoms with Crippen LogP contribution in [-0.4, -0.2) is 21.2 Å². The quantitative estimate of drug-likeness (QED) is 0.257. The Morgan fingerprint density at radius 2 is 1.85 bits per heavy atom. The molecule has 0 aliphatic heterocycles. The van der Waals surface area contributed by atoms with Gasteiger partial charge in [0.2, 0.25) is 11.5 Å². The van der Waals surface area contributed by atoms with E-state index >= 15 is 0 Å². The lowest BCUT2D eigenvalue weighted by molar-refractivity contribution is -0.137. The van der Waals surface area contributed by atoms with Crippen LogP contribution in [-0.2, 0) is 17.5 Å². The van der Waals surface area contributed by atoms with Crippen molar-refractivity contribution in [1.29, 1.82) is 0 Å². The van der Waals surface area contributed by atoms with Crippen LogP contribution in [0, 0.1) is 5.92 Å². The van der Waals surface area contributed by atoms with Crippen LogP contribution in [0.2, 0.25) is 0 Å². The van der Waals surface area contributed by atoms with Crippen molar-refractivity contribution in [2.24, 2.45) is 5.92 Å². The summed E-state index contributed by atoms with van der Waals surface area (Å²) in [5.41, 5.74) is -0.536. The van der Waals surface area contributed by atoms with Crippen LogP contribution in [0.4, 0.5) is 18.9 Å². The highest BCUT2D eigenvalue weighted by molar-refractivity contribution is 7.99. The minimum atomic E-state index is -4.59. The molecule has 0 fully saturated rings. The first-order valence-corrected chi connectivity index (χ1v) is 11.6. The zero-order chi connectivity index (χ0) is 24.5. The molecule has 0 atom stereocenters. The van der Waals surface area contributed by atoms with Gasteiger partial charge in [0.15, 0.2) is 5.16 Å². The van der Waals surface area contributed by atoms with Crippen LogP contribution in [0.15, 0.2) is 62.9 Å². The zero-order valence-corrected chi connectivity index (χ0v) is 19.3. The van der Waals surface area contributed by atoms with Gasteiger partial charge in [0.1, 0.15) is 11.1 Å². The highest BCUT2D eigenvalue weighted by Crippen LogP contribution is 2.34. The average molecular weight is 490 g/mol. The Balaban J connectivity index is 1.64. The highest BCUT2D eigenvalue weighted by atomic mass is 32.2. The predicted molar refractivity (Wildman–Crippen MR) is 126 cm³/mol. The third kappa shape index (κ3) is 4.96. The number of aromatic nitrogens is 2. The second-order valence-electron chi connectivity index (χ2n) is 8.19. The molecule has 2 aromatic carbocycles. The standard InChI is InChI=1S/C24H22F3N3O3S/c1-14(2)11-12-30-22(32)21-20(15-7-3-6-10-18(15)33-21)29-23(30)34-13-19(31)28-17-9-5-4-8-16(17)24(25,26)27/h3-10,14H,11-13H2,1-2H3,(H,28,31). The molecular weight excluding hydrogens is 467 g/mol. The third-order valence-electron chi connectivity index (χ3n) is 5.22. The number of para-hydroxylation sites is 2. The van der Waals surface area contributed by atoms with Crippen LogP contribution in [0.25, 0.3) is 22.1 Å². The number of carbonyl (C=O) groups excluding carboxylic acids is 1.